The maximum Gasteiger partial charge on any atom is 0.191 e. The van der Waals surface area contributed by atoms with Gasteiger partial charge < -0.3 is 9.52 Å². The molecule has 3 heteroatoms. The molecule has 1 rings (SSSR count). The van der Waals surface area contributed by atoms with Gasteiger partial charge in [0.1, 0.15) is 5.76 Å². The molecule has 0 aliphatic carbocycles. The second kappa shape index (κ2) is 4.13. The van der Waals surface area contributed by atoms with Crippen molar-refractivity contribution in [3.05, 3.63) is 17.8 Å². The molecule has 0 fully saturated rings. The molecular formula is C8H13NO2. The van der Waals surface area contributed by atoms with Crippen LogP contribution in [0.4, 0.5) is 0 Å². The minimum Gasteiger partial charge on any atom is -0.446 e. The number of hydrogen-bond donors (Lipinski definition) is 1. The molecule has 0 atom stereocenters. The number of aryl methyl sites for hydroxylation is 2. The number of aliphatic hydroxyl groups is 1. The quantitative estimate of drug-likeness (QED) is 0.666. The number of hydrogen-bond acceptors (Lipinski definition) is 3. The molecule has 0 saturated carbocycles. The van der Waals surface area contributed by atoms with Gasteiger partial charge in [0.05, 0.1) is 6.20 Å². The first-order valence-corrected chi connectivity index (χ1v) is 3.85. The molecule has 0 saturated heterocycles. The Morgan fingerprint density at radius 3 is 2.91 bits per heavy atom. The summed E-state index contributed by atoms with van der Waals surface area (Å²) in [5.41, 5.74) is 0. The molecule has 0 amide bonds. The Labute approximate surface area is 66.1 Å². The van der Waals surface area contributed by atoms with Crippen LogP contribution in [0.25, 0.3) is 0 Å². The van der Waals surface area contributed by atoms with Crippen LogP contribution in [0.5, 0.6) is 0 Å². The fourth-order valence-corrected chi connectivity index (χ4v) is 0.932. The lowest BCUT2D eigenvalue weighted by Crippen LogP contribution is -1.86. The molecule has 62 valence electrons. The van der Waals surface area contributed by atoms with Gasteiger partial charge >= 0.3 is 0 Å². The molecule has 1 heterocycles. The van der Waals surface area contributed by atoms with Gasteiger partial charge in [-0.05, 0) is 12.8 Å². The van der Waals surface area contributed by atoms with E-state index < -0.39 is 0 Å². The highest BCUT2D eigenvalue weighted by Gasteiger charge is 1.98. The van der Waals surface area contributed by atoms with Gasteiger partial charge in [0.25, 0.3) is 0 Å². The average molecular weight is 155 g/mol. The highest BCUT2D eigenvalue weighted by Crippen LogP contribution is 2.05. The summed E-state index contributed by atoms with van der Waals surface area (Å²) < 4.78 is 5.24. The summed E-state index contributed by atoms with van der Waals surface area (Å²) in [6.45, 7) is 2.09. The smallest absolute Gasteiger partial charge is 0.191 e. The second-order valence-corrected chi connectivity index (χ2v) is 2.53. The van der Waals surface area contributed by atoms with Crippen LogP contribution in [0.2, 0.25) is 0 Å². The highest BCUT2D eigenvalue weighted by molar-refractivity contribution is 4.92. The third-order valence-electron chi connectivity index (χ3n) is 1.50. The van der Waals surface area contributed by atoms with Gasteiger partial charge in [-0.2, -0.15) is 0 Å². The summed E-state index contributed by atoms with van der Waals surface area (Å²) in [6, 6.07) is 0. The second-order valence-electron chi connectivity index (χ2n) is 2.53. The van der Waals surface area contributed by atoms with Crippen molar-refractivity contribution in [1.29, 1.82) is 0 Å². The van der Waals surface area contributed by atoms with Crippen molar-refractivity contribution in [3.8, 4) is 0 Å². The molecule has 0 radical (unpaired) electrons. The molecule has 1 aromatic heterocycles. The molecular weight excluding hydrogens is 142 g/mol. The van der Waals surface area contributed by atoms with Crippen LogP contribution in [0, 0.1) is 6.92 Å². The fraction of sp³-hybridized carbons (Fsp3) is 0.625. The zero-order chi connectivity index (χ0) is 8.10. The molecule has 11 heavy (non-hydrogen) atoms. The van der Waals surface area contributed by atoms with Crippen LogP contribution in [0.1, 0.15) is 24.5 Å². The predicted molar refractivity (Wildman–Crippen MR) is 41.3 cm³/mol. The molecule has 1 aromatic rings. The van der Waals surface area contributed by atoms with Crippen molar-refractivity contribution in [2.24, 2.45) is 0 Å². The van der Waals surface area contributed by atoms with Crippen molar-refractivity contribution < 1.29 is 9.52 Å². The Balaban J connectivity index is 2.27. The number of unbranched alkanes of at least 4 members (excludes halogenated alkanes) is 1. The number of rotatable bonds is 4. The summed E-state index contributed by atoms with van der Waals surface area (Å²) in [6.07, 6.45) is 4.42. The average Bonchev–Trinajstić information content (AvgIpc) is 2.37. The summed E-state index contributed by atoms with van der Waals surface area (Å²) >= 11 is 0. The van der Waals surface area contributed by atoms with E-state index in [1.807, 2.05) is 6.92 Å². The maximum atomic E-state index is 8.50. The van der Waals surface area contributed by atoms with Crippen molar-refractivity contribution >= 4 is 0 Å². The maximum absolute atomic E-state index is 8.50. The monoisotopic (exact) mass is 155 g/mol. The van der Waals surface area contributed by atoms with Crippen molar-refractivity contribution in [2.75, 3.05) is 6.61 Å². The topological polar surface area (TPSA) is 46.3 Å². The van der Waals surface area contributed by atoms with Crippen LogP contribution in [0.3, 0.4) is 0 Å². The van der Waals surface area contributed by atoms with Crippen molar-refractivity contribution in [1.82, 2.24) is 4.98 Å². The van der Waals surface area contributed by atoms with E-state index in [2.05, 4.69) is 4.98 Å². The lowest BCUT2D eigenvalue weighted by atomic mass is 10.2. The van der Waals surface area contributed by atoms with Crippen LogP contribution in [-0.2, 0) is 6.42 Å². The minimum atomic E-state index is 0.257. The van der Waals surface area contributed by atoms with E-state index in [-0.39, 0.29) is 6.61 Å². The SMILES string of the molecule is Cc1ncc(CCCCO)o1. The third-order valence-corrected chi connectivity index (χ3v) is 1.50. The summed E-state index contributed by atoms with van der Waals surface area (Å²) in [7, 11) is 0. The van der Waals surface area contributed by atoms with Gasteiger partial charge in [0.15, 0.2) is 5.89 Å². The van der Waals surface area contributed by atoms with Crippen LogP contribution in [-0.4, -0.2) is 16.7 Å². The van der Waals surface area contributed by atoms with E-state index in [0.717, 1.165) is 25.0 Å². The van der Waals surface area contributed by atoms with Crippen LogP contribution in [0.15, 0.2) is 10.6 Å². The Bertz CT molecular complexity index is 208. The van der Waals surface area contributed by atoms with Crippen molar-refractivity contribution in [2.45, 2.75) is 26.2 Å². The Morgan fingerprint density at radius 1 is 1.55 bits per heavy atom. The van der Waals surface area contributed by atoms with Crippen LogP contribution < -0.4 is 0 Å². The predicted octanol–water partition coefficient (Wildman–Crippen LogP) is 1.30. The molecule has 3 nitrogen and oxygen atoms in total. The summed E-state index contributed by atoms with van der Waals surface area (Å²) in [5, 5.41) is 8.50. The van der Waals surface area contributed by atoms with Gasteiger partial charge in [0, 0.05) is 20.0 Å². The summed E-state index contributed by atoms with van der Waals surface area (Å²) in [4.78, 5) is 3.97. The first kappa shape index (κ1) is 8.27. The van der Waals surface area contributed by atoms with Crippen LogP contribution >= 0.6 is 0 Å². The van der Waals surface area contributed by atoms with Gasteiger partial charge in [-0.15, -0.1) is 0 Å². The lowest BCUT2D eigenvalue weighted by Gasteiger charge is -1.92. The molecule has 0 aliphatic heterocycles. The third kappa shape index (κ3) is 2.72. The van der Waals surface area contributed by atoms with E-state index in [9.17, 15) is 0 Å². The van der Waals surface area contributed by atoms with E-state index in [1.54, 1.807) is 6.20 Å². The van der Waals surface area contributed by atoms with Gasteiger partial charge in [0.2, 0.25) is 0 Å². The summed E-state index contributed by atoms with van der Waals surface area (Å²) in [5.74, 6) is 1.62. The molecule has 0 unspecified atom stereocenters. The van der Waals surface area contributed by atoms with E-state index in [1.165, 1.54) is 0 Å². The van der Waals surface area contributed by atoms with Gasteiger partial charge in [-0.1, -0.05) is 0 Å². The molecule has 0 bridgehead atoms. The van der Waals surface area contributed by atoms with Crippen molar-refractivity contribution in [3.63, 3.8) is 0 Å². The first-order chi connectivity index (χ1) is 5.33. The zero-order valence-electron chi connectivity index (χ0n) is 6.71. The molecule has 0 aromatic carbocycles. The Morgan fingerprint density at radius 2 is 2.36 bits per heavy atom. The fourth-order valence-electron chi connectivity index (χ4n) is 0.932. The lowest BCUT2D eigenvalue weighted by molar-refractivity contribution is 0.283. The zero-order valence-corrected chi connectivity index (χ0v) is 6.71. The minimum absolute atomic E-state index is 0.257. The Kier molecular flexibility index (Phi) is 3.11. The van der Waals surface area contributed by atoms with E-state index in [4.69, 9.17) is 9.52 Å². The molecule has 0 spiro atoms. The first-order valence-electron chi connectivity index (χ1n) is 3.85. The highest BCUT2D eigenvalue weighted by atomic mass is 16.3. The number of aromatic nitrogens is 1. The number of nitrogens with zero attached hydrogens (tertiary/aromatic N) is 1. The van der Waals surface area contributed by atoms with E-state index in [0.29, 0.717) is 5.89 Å². The standard InChI is InChI=1S/C8H13NO2/c1-7-9-6-8(11-7)4-2-3-5-10/h6,10H,2-5H2,1H3. The van der Waals surface area contributed by atoms with E-state index >= 15 is 0 Å². The normalized spacial score (nSPS) is 10.4. The number of aliphatic hydroxyl groups excluding tert-OH is 1. The molecule has 0 aliphatic rings. The number of oxazole rings is 1. The largest absolute Gasteiger partial charge is 0.446 e. The Hall–Kier alpha value is -0.830. The molecule has 1 N–H and O–H groups in total. The van der Waals surface area contributed by atoms with Gasteiger partial charge in [-0.3, -0.25) is 0 Å². The van der Waals surface area contributed by atoms with Gasteiger partial charge in [-0.25, -0.2) is 4.98 Å².